The number of furan rings is 1. The topological polar surface area (TPSA) is 16.4 Å². The molecule has 288 valence electrons. The first kappa shape index (κ1) is 35.3. The Kier molecular flexibility index (Phi) is 7.92. The van der Waals surface area contributed by atoms with Crippen molar-refractivity contribution in [1.82, 2.24) is 0 Å². The summed E-state index contributed by atoms with van der Waals surface area (Å²) in [5.41, 5.74) is 17.7. The highest BCUT2D eigenvalue weighted by atomic mass is 16.3. The predicted octanol–water partition coefficient (Wildman–Crippen LogP) is 16.7. The lowest BCUT2D eigenvalue weighted by atomic mass is 9.79. The van der Waals surface area contributed by atoms with E-state index in [1.54, 1.807) is 0 Å². The largest absolute Gasteiger partial charge is 0.455 e. The van der Waals surface area contributed by atoms with Gasteiger partial charge in [0.25, 0.3) is 0 Å². The number of anilines is 3. The molecule has 1 aromatic heterocycles. The molecular weight excluding hydrogens is 739 g/mol. The summed E-state index contributed by atoms with van der Waals surface area (Å²) in [4.78, 5) is 2.38. The second kappa shape index (κ2) is 13.7. The van der Waals surface area contributed by atoms with E-state index in [-0.39, 0.29) is 5.41 Å². The number of hydrogen-bond donors (Lipinski definition) is 0. The van der Waals surface area contributed by atoms with E-state index in [1.807, 2.05) is 0 Å². The molecule has 0 atom stereocenters. The number of rotatable bonds is 6. The van der Waals surface area contributed by atoms with Gasteiger partial charge in [0.15, 0.2) is 0 Å². The van der Waals surface area contributed by atoms with Gasteiger partial charge in [-0.15, -0.1) is 0 Å². The summed E-state index contributed by atoms with van der Waals surface area (Å²) in [6, 6.07) is 77.4. The van der Waals surface area contributed by atoms with E-state index in [0.717, 1.165) is 55.5 Å². The van der Waals surface area contributed by atoms with Gasteiger partial charge in [-0.25, -0.2) is 0 Å². The third-order valence-corrected chi connectivity index (χ3v) is 13.0. The summed E-state index contributed by atoms with van der Waals surface area (Å²) in [5.74, 6) is 0. The normalized spacial score (nSPS) is 12.9. The van der Waals surface area contributed by atoms with Crippen LogP contribution in [0.4, 0.5) is 17.1 Å². The van der Waals surface area contributed by atoms with Crippen LogP contribution in [0.15, 0.2) is 217 Å². The molecule has 1 aliphatic carbocycles. The van der Waals surface area contributed by atoms with Crippen LogP contribution in [0, 0.1) is 0 Å². The molecule has 0 fully saturated rings. The molecule has 11 aromatic rings. The van der Waals surface area contributed by atoms with Crippen molar-refractivity contribution in [3.63, 3.8) is 0 Å². The zero-order valence-corrected chi connectivity index (χ0v) is 34.1. The summed E-state index contributed by atoms with van der Waals surface area (Å²) in [6.45, 7) is 4.72. The van der Waals surface area contributed by atoms with Crippen LogP contribution in [0.25, 0.3) is 88.0 Å². The molecule has 0 saturated carbocycles. The summed E-state index contributed by atoms with van der Waals surface area (Å²) >= 11 is 0. The van der Waals surface area contributed by atoms with Gasteiger partial charge in [-0.05, 0) is 126 Å². The maximum Gasteiger partial charge on any atom is 0.143 e. The summed E-state index contributed by atoms with van der Waals surface area (Å²) in [7, 11) is 0. The van der Waals surface area contributed by atoms with Crippen molar-refractivity contribution in [1.29, 1.82) is 0 Å². The Labute approximate surface area is 355 Å². The van der Waals surface area contributed by atoms with E-state index >= 15 is 0 Å². The molecule has 10 aromatic carbocycles. The van der Waals surface area contributed by atoms with Crippen molar-refractivity contribution in [2.24, 2.45) is 0 Å². The molecule has 2 nitrogen and oxygen atoms in total. The van der Waals surface area contributed by atoms with Gasteiger partial charge in [-0.3, -0.25) is 0 Å². The number of hydrogen-bond acceptors (Lipinski definition) is 2. The SMILES string of the molecule is CC1(C)c2ccccc2-c2cccc(-c3ccc(N(c4ccc(-c5cccc6oc7c8ccccc8ccc7c56)cc4)c4cccc(-c5ccc6ccccc6c5)c4)cc3)c21. The fourth-order valence-corrected chi connectivity index (χ4v) is 10.1. The molecular formula is C59H41NO. The highest BCUT2D eigenvalue weighted by Crippen LogP contribution is 2.52. The van der Waals surface area contributed by atoms with Gasteiger partial charge in [0.05, 0.1) is 0 Å². The van der Waals surface area contributed by atoms with E-state index in [4.69, 9.17) is 4.42 Å². The van der Waals surface area contributed by atoms with Crippen molar-refractivity contribution in [2.45, 2.75) is 19.3 Å². The average molecular weight is 780 g/mol. The Morgan fingerprint density at radius 2 is 0.967 bits per heavy atom. The Bertz CT molecular complexity index is 3500. The molecule has 1 aliphatic rings. The molecule has 0 bridgehead atoms. The number of nitrogens with zero attached hydrogens (tertiary/aromatic N) is 1. The van der Waals surface area contributed by atoms with E-state index in [9.17, 15) is 0 Å². The molecule has 2 heteroatoms. The van der Waals surface area contributed by atoms with Gasteiger partial charge in [0.2, 0.25) is 0 Å². The van der Waals surface area contributed by atoms with Crippen LogP contribution < -0.4 is 4.90 Å². The van der Waals surface area contributed by atoms with Gasteiger partial charge >= 0.3 is 0 Å². The maximum atomic E-state index is 6.56. The smallest absolute Gasteiger partial charge is 0.143 e. The Hall–Kier alpha value is -7.68. The molecule has 0 N–H and O–H groups in total. The van der Waals surface area contributed by atoms with Crippen molar-refractivity contribution < 1.29 is 4.42 Å². The van der Waals surface area contributed by atoms with Crippen LogP contribution in [-0.4, -0.2) is 0 Å². The first-order valence-corrected chi connectivity index (χ1v) is 21.2. The lowest BCUT2D eigenvalue weighted by molar-refractivity contribution is 0.662. The molecule has 0 amide bonds. The van der Waals surface area contributed by atoms with Crippen LogP contribution in [0.2, 0.25) is 0 Å². The van der Waals surface area contributed by atoms with E-state index < -0.39 is 0 Å². The quantitative estimate of drug-likeness (QED) is 0.167. The van der Waals surface area contributed by atoms with E-state index in [1.165, 1.54) is 60.7 Å². The first-order chi connectivity index (χ1) is 30.0. The van der Waals surface area contributed by atoms with Crippen LogP contribution in [-0.2, 0) is 5.41 Å². The predicted molar refractivity (Wildman–Crippen MR) is 257 cm³/mol. The number of fused-ring (bicyclic) bond motifs is 9. The summed E-state index contributed by atoms with van der Waals surface area (Å²) < 4.78 is 6.56. The lowest BCUT2D eigenvalue weighted by Gasteiger charge is -2.27. The molecule has 61 heavy (non-hydrogen) atoms. The standard InChI is InChI=1S/C59H41NO/c1-59(2)54-22-8-7-18-51(54)52-21-10-20-49(57(52)59)41-28-33-46(34-29-41)60(47-16-9-15-43(37-47)44-25-24-38-12-3-4-14-42(38)36-44)45-31-26-40(27-32-45)48-19-11-23-55-56(48)53-35-30-39-13-5-6-17-50(39)58(53)61-55/h3-37H,1-2H3. The molecule has 0 aliphatic heterocycles. The van der Waals surface area contributed by atoms with Crippen molar-refractivity contribution >= 4 is 60.5 Å². The van der Waals surface area contributed by atoms with Crippen molar-refractivity contribution in [3.05, 3.63) is 223 Å². The summed E-state index contributed by atoms with van der Waals surface area (Å²) in [5, 5.41) is 7.08. The monoisotopic (exact) mass is 779 g/mol. The molecule has 1 heterocycles. The fourth-order valence-electron chi connectivity index (χ4n) is 10.1. The molecule has 0 saturated heterocycles. The van der Waals surface area contributed by atoms with E-state index in [0.29, 0.717) is 0 Å². The second-order valence-electron chi connectivity index (χ2n) is 16.9. The van der Waals surface area contributed by atoms with Gasteiger partial charge in [-0.1, -0.05) is 172 Å². The van der Waals surface area contributed by atoms with Crippen LogP contribution in [0.3, 0.4) is 0 Å². The van der Waals surface area contributed by atoms with Gasteiger partial charge in [-0.2, -0.15) is 0 Å². The van der Waals surface area contributed by atoms with Crippen molar-refractivity contribution in [2.75, 3.05) is 4.90 Å². The molecule has 0 radical (unpaired) electrons. The third-order valence-electron chi connectivity index (χ3n) is 13.0. The zero-order chi connectivity index (χ0) is 40.7. The number of benzene rings is 10. The minimum atomic E-state index is -0.0982. The zero-order valence-electron chi connectivity index (χ0n) is 34.1. The van der Waals surface area contributed by atoms with Crippen LogP contribution in [0.1, 0.15) is 25.0 Å². The minimum Gasteiger partial charge on any atom is -0.455 e. The van der Waals surface area contributed by atoms with Crippen molar-refractivity contribution in [3.8, 4) is 44.5 Å². The minimum absolute atomic E-state index is 0.0982. The molecule has 0 unspecified atom stereocenters. The van der Waals surface area contributed by atoms with Gasteiger partial charge in [0.1, 0.15) is 11.2 Å². The lowest BCUT2D eigenvalue weighted by Crippen LogP contribution is -2.16. The average Bonchev–Trinajstić information content (AvgIpc) is 3.82. The van der Waals surface area contributed by atoms with Crippen LogP contribution in [0.5, 0.6) is 0 Å². The highest BCUT2D eigenvalue weighted by Gasteiger charge is 2.37. The summed E-state index contributed by atoms with van der Waals surface area (Å²) in [6.07, 6.45) is 0. The second-order valence-corrected chi connectivity index (χ2v) is 16.9. The Morgan fingerprint density at radius 1 is 0.377 bits per heavy atom. The molecule has 0 spiro atoms. The Morgan fingerprint density at radius 3 is 1.79 bits per heavy atom. The fraction of sp³-hybridized carbons (Fsp3) is 0.0508. The Balaban J connectivity index is 0.972. The maximum absolute atomic E-state index is 6.56. The van der Waals surface area contributed by atoms with Crippen LogP contribution >= 0.6 is 0 Å². The van der Waals surface area contributed by atoms with Gasteiger partial charge < -0.3 is 9.32 Å². The molecule has 12 rings (SSSR count). The van der Waals surface area contributed by atoms with E-state index in [2.05, 4.69) is 231 Å². The third kappa shape index (κ3) is 5.64. The van der Waals surface area contributed by atoms with Gasteiger partial charge in [0, 0.05) is 38.6 Å². The highest BCUT2D eigenvalue weighted by molar-refractivity contribution is 6.19. The first-order valence-electron chi connectivity index (χ1n) is 21.2.